The van der Waals surface area contributed by atoms with Crippen molar-refractivity contribution in [3.8, 4) is 5.75 Å². The number of benzene rings is 2. The number of aryl methyl sites for hydroxylation is 1. The lowest BCUT2D eigenvalue weighted by atomic mass is 10.0. The number of hydrogen-bond acceptors (Lipinski definition) is 3. The fourth-order valence-electron chi connectivity index (χ4n) is 3.04. The smallest absolute Gasteiger partial charge is 0.387 e. The van der Waals surface area contributed by atoms with Crippen LogP contribution in [0.5, 0.6) is 5.75 Å². The molecule has 0 aliphatic rings. The molecule has 0 fully saturated rings. The summed E-state index contributed by atoms with van der Waals surface area (Å²) in [7, 11) is 0. The molecular formula is C18H15BrCl2F2N2O2. The van der Waals surface area contributed by atoms with Crippen LogP contribution in [0.25, 0.3) is 11.0 Å². The third kappa shape index (κ3) is 4.06. The Morgan fingerprint density at radius 3 is 2.67 bits per heavy atom. The summed E-state index contributed by atoms with van der Waals surface area (Å²) in [6.07, 6.45) is 0. The molecule has 144 valence electrons. The first-order valence-electron chi connectivity index (χ1n) is 7.92. The maximum absolute atomic E-state index is 13.0. The molecule has 0 radical (unpaired) electrons. The summed E-state index contributed by atoms with van der Waals surface area (Å²) in [6, 6.07) is 7.05. The Morgan fingerprint density at radius 1 is 1.30 bits per heavy atom. The van der Waals surface area contributed by atoms with Gasteiger partial charge < -0.3 is 14.4 Å². The number of imidazole rings is 1. The highest BCUT2D eigenvalue weighted by Crippen LogP contribution is 2.35. The zero-order valence-electron chi connectivity index (χ0n) is 14.1. The third-order valence-corrected chi connectivity index (χ3v) is 5.29. The summed E-state index contributed by atoms with van der Waals surface area (Å²) < 4.78 is 33.4. The van der Waals surface area contributed by atoms with Crippen molar-refractivity contribution in [3.63, 3.8) is 0 Å². The Labute approximate surface area is 172 Å². The van der Waals surface area contributed by atoms with E-state index in [9.17, 15) is 13.9 Å². The molecule has 1 N–H and O–H groups in total. The molecule has 0 aliphatic heterocycles. The van der Waals surface area contributed by atoms with Gasteiger partial charge in [-0.25, -0.2) is 4.98 Å². The predicted octanol–water partition coefficient (Wildman–Crippen LogP) is 5.64. The number of ether oxygens (including phenoxy) is 1. The summed E-state index contributed by atoms with van der Waals surface area (Å²) in [5.74, 6) is 0.691. The summed E-state index contributed by atoms with van der Waals surface area (Å²) in [4.78, 5) is 4.49. The standard InChI is InChI=1S/C18H15BrCl2F2N2O2/c1-9-4-13(21)12(8-26)11(17(9)27-18(22)23)7-25-15-5-10(19)2-3-14(15)24-16(25)6-20/h2-5,18,26H,6-8H2,1H3. The maximum Gasteiger partial charge on any atom is 0.387 e. The fourth-order valence-corrected chi connectivity index (χ4v) is 3.93. The van der Waals surface area contributed by atoms with Gasteiger partial charge in [0.1, 0.15) is 11.6 Å². The van der Waals surface area contributed by atoms with Crippen LogP contribution < -0.4 is 4.74 Å². The fraction of sp³-hybridized carbons (Fsp3) is 0.278. The van der Waals surface area contributed by atoms with E-state index in [1.165, 1.54) is 6.07 Å². The van der Waals surface area contributed by atoms with Gasteiger partial charge >= 0.3 is 6.61 Å². The first-order valence-corrected chi connectivity index (χ1v) is 9.63. The zero-order valence-corrected chi connectivity index (χ0v) is 17.2. The van der Waals surface area contributed by atoms with Gasteiger partial charge in [0.2, 0.25) is 0 Å². The van der Waals surface area contributed by atoms with E-state index in [4.69, 9.17) is 27.9 Å². The Hall–Kier alpha value is -1.41. The molecule has 1 heterocycles. The van der Waals surface area contributed by atoms with Crippen LogP contribution in [0.4, 0.5) is 8.78 Å². The van der Waals surface area contributed by atoms with Gasteiger partial charge in [-0.3, -0.25) is 0 Å². The minimum atomic E-state index is -3.00. The van der Waals surface area contributed by atoms with E-state index in [0.717, 1.165) is 15.5 Å². The van der Waals surface area contributed by atoms with Gasteiger partial charge in [-0.2, -0.15) is 8.78 Å². The predicted molar refractivity (Wildman–Crippen MR) is 105 cm³/mol. The quantitative estimate of drug-likeness (QED) is 0.465. The molecule has 9 heteroatoms. The Morgan fingerprint density at radius 2 is 2.04 bits per heavy atom. The number of halogens is 5. The largest absolute Gasteiger partial charge is 0.434 e. The summed E-state index contributed by atoms with van der Waals surface area (Å²) >= 11 is 15.7. The van der Waals surface area contributed by atoms with E-state index < -0.39 is 13.2 Å². The van der Waals surface area contributed by atoms with E-state index in [1.54, 1.807) is 11.5 Å². The Bertz CT molecular complexity index is 995. The van der Waals surface area contributed by atoms with Crippen LogP contribution in [0.2, 0.25) is 5.02 Å². The minimum Gasteiger partial charge on any atom is -0.434 e. The summed E-state index contributed by atoms with van der Waals surface area (Å²) in [6.45, 7) is -1.68. The first kappa shape index (κ1) is 20.3. The van der Waals surface area contributed by atoms with Crippen molar-refractivity contribution in [2.45, 2.75) is 32.6 Å². The molecule has 0 spiro atoms. The number of aliphatic hydroxyl groups excluding tert-OH is 1. The number of rotatable bonds is 6. The average molecular weight is 480 g/mol. The van der Waals surface area contributed by atoms with E-state index in [1.807, 2.05) is 18.2 Å². The van der Waals surface area contributed by atoms with Gasteiger partial charge in [-0.05, 0) is 36.8 Å². The molecule has 0 amide bonds. The lowest BCUT2D eigenvalue weighted by Crippen LogP contribution is -2.13. The first-order chi connectivity index (χ1) is 12.8. The second kappa shape index (κ2) is 8.31. The van der Waals surface area contributed by atoms with Gasteiger partial charge in [-0.15, -0.1) is 11.6 Å². The number of aromatic nitrogens is 2. The lowest BCUT2D eigenvalue weighted by Gasteiger charge is -2.19. The van der Waals surface area contributed by atoms with Crippen LogP contribution in [0.1, 0.15) is 22.5 Å². The highest BCUT2D eigenvalue weighted by Gasteiger charge is 2.21. The maximum atomic E-state index is 13.0. The van der Waals surface area contributed by atoms with Crippen LogP contribution in [0, 0.1) is 6.92 Å². The van der Waals surface area contributed by atoms with Crippen molar-refractivity contribution in [1.82, 2.24) is 9.55 Å². The zero-order chi connectivity index (χ0) is 19.7. The van der Waals surface area contributed by atoms with Crippen molar-refractivity contribution in [2.24, 2.45) is 0 Å². The molecule has 0 saturated heterocycles. The normalized spacial score (nSPS) is 11.6. The van der Waals surface area contributed by atoms with E-state index in [0.29, 0.717) is 22.5 Å². The number of fused-ring (bicyclic) bond motifs is 1. The lowest BCUT2D eigenvalue weighted by molar-refractivity contribution is -0.0510. The number of nitrogens with zero attached hydrogens (tertiary/aromatic N) is 2. The van der Waals surface area contributed by atoms with Crippen LogP contribution in [0.15, 0.2) is 28.7 Å². The van der Waals surface area contributed by atoms with Crippen molar-refractivity contribution < 1.29 is 18.6 Å². The van der Waals surface area contributed by atoms with Gasteiger partial charge in [-0.1, -0.05) is 27.5 Å². The van der Waals surface area contributed by atoms with E-state index >= 15 is 0 Å². The minimum absolute atomic E-state index is 0.00387. The van der Waals surface area contributed by atoms with Crippen LogP contribution >= 0.6 is 39.1 Å². The molecule has 0 aliphatic carbocycles. The third-order valence-electron chi connectivity index (χ3n) is 4.22. The average Bonchev–Trinajstić information content (AvgIpc) is 2.95. The molecular weight excluding hydrogens is 465 g/mol. The summed E-state index contributed by atoms with van der Waals surface area (Å²) in [5.41, 5.74) is 2.63. The second-order valence-corrected chi connectivity index (χ2v) is 7.47. The molecule has 1 aromatic heterocycles. The van der Waals surface area contributed by atoms with Gasteiger partial charge in [0.15, 0.2) is 0 Å². The van der Waals surface area contributed by atoms with E-state index in [2.05, 4.69) is 20.9 Å². The van der Waals surface area contributed by atoms with Gasteiger partial charge in [0, 0.05) is 20.6 Å². The molecule has 0 unspecified atom stereocenters. The van der Waals surface area contributed by atoms with Crippen LogP contribution in [-0.2, 0) is 19.0 Å². The molecule has 0 atom stereocenters. The van der Waals surface area contributed by atoms with Crippen molar-refractivity contribution in [3.05, 3.63) is 56.3 Å². The number of hydrogen-bond donors (Lipinski definition) is 1. The van der Waals surface area contributed by atoms with Crippen LogP contribution in [0.3, 0.4) is 0 Å². The second-order valence-electron chi connectivity index (χ2n) is 5.88. The molecule has 3 aromatic rings. The van der Waals surface area contributed by atoms with E-state index in [-0.39, 0.29) is 23.2 Å². The summed E-state index contributed by atoms with van der Waals surface area (Å²) in [5, 5.41) is 10.1. The van der Waals surface area contributed by atoms with Gasteiger partial charge in [0.05, 0.1) is 30.1 Å². The monoisotopic (exact) mass is 478 g/mol. The molecule has 0 bridgehead atoms. The number of aliphatic hydroxyl groups is 1. The van der Waals surface area contributed by atoms with Crippen molar-refractivity contribution in [1.29, 1.82) is 0 Å². The molecule has 4 nitrogen and oxygen atoms in total. The Kier molecular flexibility index (Phi) is 6.25. The van der Waals surface area contributed by atoms with Crippen molar-refractivity contribution >= 4 is 50.2 Å². The molecule has 0 saturated carbocycles. The highest BCUT2D eigenvalue weighted by molar-refractivity contribution is 9.10. The Balaban J connectivity index is 2.23. The highest BCUT2D eigenvalue weighted by atomic mass is 79.9. The number of alkyl halides is 3. The van der Waals surface area contributed by atoms with Crippen molar-refractivity contribution in [2.75, 3.05) is 0 Å². The molecule has 27 heavy (non-hydrogen) atoms. The molecule has 3 rings (SSSR count). The SMILES string of the molecule is Cc1cc(Cl)c(CO)c(Cn2c(CCl)nc3ccc(Br)cc32)c1OC(F)F. The topological polar surface area (TPSA) is 47.3 Å². The van der Waals surface area contributed by atoms with Crippen LogP contribution in [-0.4, -0.2) is 21.3 Å². The van der Waals surface area contributed by atoms with Gasteiger partial charge in [0.25, 0.3) is 0 Å². The molecule has 2 aromatic carbocycles.